The van der Waals surface area contributed by atoms with Crippen LogP contribution in [0.1, 0.15) is 62.8 Å². The van der Waals surface area contributed by atoms with Crippen molar-refractivity contribution < 1.29 is 18.7 Å². The second kappa shape index (κ2) is 8.80. The molecule has 2 N–H and O–H groups in total. The van der Waals surface area contributed by atoms with E-state index in [1.165, 1.54) is 0 Å². The molecule has 3 fully saturated rings. The number of imide groups is 1. The van der Waals surface area contributed by atoms with Crippen molar-refractivity contribution in [1.82, 2.24) is 25.4 Å². The number of piperidine rings is 2. The Bertz CT molecular complexity index is 1280. The fraction of sp³-hybridized carbons (Fsp3) is 0.462. The van der Waals surface area contributed by atoms with Crippen molar-refractivity contribution in [2.24, 2.45) is 0 Å². The fourth-order valence-electron chi connectivity index (χ4n) is 5.57. The minimum Gasteiger partial charge on any atom is -0.356 e. The zero-order chi connectivity index (χ0) is 24.8. The van der Waals surface area contributed by atoms with Crippen LogP contribution in [-0.2, 0) is 26.5 Å². The lowest BCUT2D eigenvalue weighted by Gasteiger charge is -2.32. The summed E-state index contributed by atoms with van der Waals surface area (Å²) >= 11 is 0. The molecule has 35 heavy (non-hydrogen) atoms. The van der Waals surface area contributed by atoms with Crippen molar-refractivity contribution in [3.63, 3.8) is 0 Å². The number of hydrogen-bond donors (Lipinski definition) is 2. The van der Waals surface area contributed by atoms with Gasteiger partial charge in [0.15, 0.2) is 0 Å². The molecule has 0 spiro atoms. The predicted octanol–water partition coefficient (Wildman–Crippen LogP) is 3.53. The van der Waals surface area contributed by atoms with Gasteiger partial charge in [0, 0.05) is 55.1 Å². The van der Waals surface area contributed by atoms with Gasteiger partial charge in [-0.25, -0.2) is 4.39 Å². The molecule has 3 unspecified atom stereocenters. The number of nitrogens with one attached hydrogen (secondary N) is 2. The van der Waals surface area contributed by atoms with Crippen molar-refractivity contribution in [1.29, 1.82) is 0 Å². The first-order valence-electron chi connectivity index (χ1n) is 12.2. The van der Waals surface area contributed by atoms with Crippen molar-refractivity contribution in [3.05, 3.63) is 59.3 Å². The van der Waals surface area contributed by atoms with Crippen LogP contribution in [0, 0.1) is 5.82 Å². The molecule has 6 rings (SSSR count). The predicted molar refractivity (Wildman–Crippen MR) is 128 cm³/mol. The molecule has 1 aromatic carbocycles. The number of aromatic amines is 1. The van der Waals surface area contributed by atoms with Crippen LogP contribution >= 0.6 is 0 Å². The van der Waals surface area contributed by atoms with Crippen LogP contribution < -0.4 is 5.32 Å². The molecule has 3 aliphatic heterocycles. The van der Waals surface area contributed by atoms with E-state index in [9.17, 15) is 9.59 Å². The van der Waals surface area contributed by atoms with E-state index in [1.54, 1.807) is 24.5 Å². The van der Waals surface area contributed by atoms with Gasteiger partial charge in [-0.1, -0.05) is 19.9 Å². The van der Waals surface area contributed by atoms with E-state index in [1.807, 2.05) is 32.9 Å². The number of benzene rings is 1. The zero-order valence-corrected chi connectivity index (χ0v) is 20.2. The standard InChI is InChI=1S/C24H24FN5O3.C2H6/c1-23-13-30(12-15-6-8-27-29-15)9-7-24(23,33-23)18-3-4-19-17(21(18)25)10-14(11-26-19)16-2-5-20(31)28-22(16)32;1-2/h3-4,6,8,10-11,16H,2,5,7,9,12-13H2,1H3,(H,27,29)(H,28,31,32);1-2H3. The largest absolute Gasteiger partial charge is 0.356 e. The number of likely N-dealkylation sites (tertiary alicyclic amines) is 1. The van der Waals surface area contributed by atoms with Gasteiger partial charge >= 0.3 is 0 Å². The summed E-state index contributed by atoms with van der Waals surface area (Å²) in [6.07, 6.45) is 4.68. The van der Waals surface area contributed by atoms with Gasteiger partial charge in [0.1, 0.15) is 17.0 Å². The van der Waals surface area contributed by atoms with Gasteiger partial charge < -0.3 is 4.74 Å². The SMILES string of the molecule is CC.CC12CN(Cc3ccn[nH]3)CCC1(c1ccc3ncc(C4CCC(=O)NC4=O)cc3c1F)O2. The maximum absolute atomic E-state index is 15.9. The number of epoxide rings is 1. The molecule has 3 saturated heterocycles. The third-order valence-electron chi connectivity index (χ3n) is 7.37. The summed E-state index contributed by atoms with van der Waals surface area (Å²) in [4.78, 5) is 30.5. The highest BCUT2D eigenvalue weighted by Crippen LogP contribution is 2.61. The highest BCUT2D eigenvalue weighted by atomic mass is 19.1. The van der Waals surface area contributed by atoms with E-state index in [0.717, 1.165) is 18.8 Å². The number of rotatable bonds is 4. The summed E-state index contributed by atoms with van der Waals surface area (Å²) in [7, 11) is 0. The van der Waals surface area contributed by atoms with Crippen LogP contribution in [0.4, 0.5) is 4.39 Å². The number of halogens is 1. The Labute approximate surface area is 203 Å². The van der Waals surface area contributed by atoms with E-state index < -0.39 is 17.1 Å². The van der Waals surface area contributed by atoms with Crippen molar-refractivity contribution in [2.75, 3.05) is 13.1 Å². The van der Waals surface area contributed by atoms with E-state index in [4.69, 9.17) is 4.74 Å². The van der Waals surface area contributed by atoms with Gasteiger partial charge in [-0.2, -0.15) is 5.10 Å². The monoisotopic (exact) mass is 479 g/mol. The van der Waals surface area contributed by atoms with Crippen LogP contribution in [0.2, 0.25) is 0 Å². The third kappa shape index (κ3) is 3.92. The topological polar surface area (TPSA) is 104 Å². The Morgan fingerprint density at radius 3 is 2.80 bits per heavy atom. The normalized spacial score (nSPS) is 28.2. The van der Waals surface area contributed by atoms with Gasteiger partial charge in [0.2, 0.25) is 11.8 Å². The van der Waals surface area contributed by atoms with E-state index in [2.05, 4.69) is 25.4 Å². The fourth-order valence-corrected chi connectivity index (χ4v) is 5.57. The lowest BCUT2D eigenvalue weighted by Crippen LogP contribution is -2.44. The number of carbonyl (C=O) groups is 2. The van der Waals surface area contributed by atoms with E-state index in [0.29, 0.717) is 41.4 Å². The number of amides is 2. The van der Waals surface area contributed by atoms with Crippen LogP contribution in [-0.4, -0.2) is 50.6 Å². The molecular weight excluding hydrogens is 449 g/mol. The molecule has 3 aromatic rings. The zero-order valence-electron chi connectivity index (χ0n) is 20.2. The van der Waals surface area contributed by atoms with E-state index >= 15 is 4.39 Å². The Balaban J connectivity index is 0.00000124. The molecule has 3 atom stereocenters. The first-order valence-corrected chi connectivity index (χ1v) is 12.2. The highest BCUT2D eigenvalue weighted by molar-refractivity contribution is 6.01. The quantitative estimate of drug-likeness (QED) is 0.438. The minimum absolute atomic E-state index is 0.265. The Hall–Kier alpha value is -3.17. The van der Waals surface area contributed by atoms with Crippen molar-refractivity contribution in [3.8, 4) is 0 Å². The second-order valence-electron chi connectivity index (χ2n) is 9.47. The number of carbonyl (C=O) groups excluding carboxylic acids is 2. The van der Waals surface area contributed by atoms with Crippen LogP contribution in [0.15, 0.2) is 36.7 Å². The Morgan fingerprint density at radius 1 is 1.26 bits per heavy atom. The maximum Gasteiger partial charge on any atom is 0.234 e. The van der Waals surface area contributed by atoms with Gasteiger partial charge in [-0.3, -0.25) is 29.9 Å². The van der Waals surface area contributed by atoms with Crippen molar-refractivity contribution in [2.45, 2.75) is 63.7 Å². The average molecular weight is 480 g/mol. The third-order valence-corrected chi connectivity index (χ3v) is 7.37. The molecule has 0 aliphatic carbocycles. The van der Waals surface area contributed by atoms with Crippen LogP contribution in [0.5, 0.6) is 0 Å². The molecule has 2 aromatic heterocycles. The second-order valence-corrected chi connectivity index (χ2v) is 9.47. The van der Waals surface area contributed by atoms with Gasteiger partial charge in [-0.05, 0) is 43.5 Å². The minimum atomic E-state index is -0.666. The maximum atomic E-state index is 15.9. The summed E-state index contributed by atoms with van der Waals surface area (Å²) in [6.45, 7) is 8.25. The van der Waals surface area contributed by atoms with Gasteiger partial charge in [0.05, 0.1) is 11.4 Å². The lowest BCUT2D eigenvalue weighted by atomic mass is 9.80. The number of fused-ring (bicyclic) bond motifs is 2. The number of nitrogens with zero attached hydrogens (tertiary/aromatic N) is 3. The van der Waals surface area contributed by atoms with Crippen LogP contribution in [0.3, 0.4) is 0 Å². The summed E-state index contributed by atoms with van der Waals surface area (Å²) < 4.78 is 22.2. The molecule has 3 aliphatic rings. The smallest absolute Gasteiger partial charge is 0.234 e. The molecule has 184 valence electrons. The average Bonchev–Trinajstić information content (AvgIpc) is 3.17. The number of ether oxygens (including phenoxy) is 1. The molecular formula is C26H30FN5O3. The molecule has 9 heteroatoms. The summed E-state index contributed by atoms with van der Waals surface area (Å²) in [5.74, 6) is -1.49. The first kappa shape index (κ1) is 23.6. The molecule has 2 amide bonds. The summed E-state index contributed by atoms with van der Waals surface area (Å²) in [5.41, 5.74) is 1.59. The Morgan fingerprint density at radius 2 is 2.09 bits per heavy atom. The molecule has 5 heterocycles. The molecule has 0 radical (unpaired) electrons. The summed E-state index contributed by atoms with van der Waals surface area (Å²) in [6, 6.07) is 7.25. The Kier molecular flexibility index (Phi) is 5.93. The number of aromatic nitrogens is 3. The molecule has 0 saturated carbocycles. The molecule has 0 bridgehead atoms. The number of H-pyrrole nitrogens is 1. The van der Waals surface area contributed by atoms with Crippen LogP contribution in [0.25, 0.3) is 10.9 Å². The van der Waals surface area contributed by atoms with Gasteiger partial charge in [0.25, 0.3) is 0 Å². The molecule has 8 nitrogen and oxygen atoms in total. The lowest BCUT2D eigenvalue weighted by molar-refractivity contribution is -0.134. The van der Waals surface area contributed by atoms with Gasteiger partial charge in [-0.15, -0.1) is 0 Å². The van der Waals surface area contributed by atoms with E-state index in [-0.39, 0.29) is 24.1 Å². The van der Waals surface area contributed by atoms with Crippen molar-refractivity contribution >= 4 is 22.7 Å². The number of hydrogen-bond acceptors (Lipinski definition) is 6. The first-order chi connectivity index (χ1) is 16.9. The highest BCUT2D eigenvalue weighted by Gasteiger charge is 2.70. The number of pyridine rings is 1. The summed E-state index contributed by atoms with van der Waals surface area (Å²) in [5, 5.41) is 9.73.